The van der Waals surface area contributed by atoms with Crippen molar-refractivity contribution in [1.82, 2.24) is 4.72 Å². The van der Waals surface area contributed by atoms with Gasteiger partial charge in [-0.2, -0.15) is 4.72 Å². The van der Waals surface area contributed by atoms with Crippen molar-refractivity contribution in [3.63, 3.8) is 0 Å². The maximum Gasteiger partial charge on any atom is 0.242 e. The monoisotopic (exact) mass is 410 g/mol. The van der Waals surface area contributed by atoms with Gasteiger partial charge in [0.25, 0.3) is 0 Å². The Balaban J connectivity index is 2.07. The summed E-state index contributed by atoms with van der Waals surface area (Å²) in [6, 6.07) is 10.6. The number of hydrogen-bond donors (Lipinski definition) is 2. The van der Waals surface area contributed by atoms with Gasteiger partial charge < -0.3 is 10.1 Å². The van der Waals surface area contributed by atoms with Crippen molar-refractivity contribution < 1.29 is 17.9 Å². The van der Waals surface area contributed by atoms with Crippen molar-refractivity contribution in [2.45, 2.75) is 38.1 Å². The number of halogens is 1. The Morgan fingerprint density at radius 1 is 1.15 bits per heavy atom. The number of sulfonamides is 1. The van der Waals surface area contributed by atoms with Gasteiger partial charge in [-0.05, 0) is 56.2 Å². The van der Waals surface area contributed by atoms with Gasteiger partial charge in [0.15, 0.2) is 0 Å². The zero-order chi connectivity index (χ0) is 20.0. The standard InChI is InChI=1S/C19H23ClN2O4S/c1-4-14-6-8-15(9-7-14)21-19(23)13(3)22-27(24,25)16-10-11-18(26-5-2)17(20)12-16/h6-13,22H,4-5H2,1-3H3,(H,21,23)/t13-/m0/s1. The van der Waals surface area contributed by atoms with E-state index in [1.165, 1.54) is 25.1 Å². The second-order valence-corrected chi connectivity index (χ2v) is 8.03. The van der Waals surface area contributed by atoms with Crippen LogP contribution >= 0.6 is 11.6 Å². The third-order valence-corrected chi connectivity index (χ3v) is 5.70. The van der Waals surface area contributed by atoms with Gasteiger partial charge in [-0.3, -0.25) is 4.79 Å². The van der Waals surface area contributed by atoms with Gasteiger partial charge in [-0.25, -0.2) is 8.42 Å². The van der Waals surface area contributed by atoms with E-state index >= 15 is 0 Å². The number of ether oxygens (including phenoxy) is 1. The number of benzene rings is 2. The van der Waals surface area contributed by atoms with Gasteiger partial charge in [-0.1, -0.05) is 30.7 Å². The van der Waals surface area contributed by atoms with Crippen molar-refractivity contribution in [2.75, 3.05) is 11.9 Å². The molecule has 6 nitrogen and oxygen atoms in total. The van der Waals surface area contributed by atoms with Crippen LogP contribution in [0.4, 0.5) is 5.69 Å². The molecule has 0 saturated heterocycles. The van der Waals surface area contributed by atoms with Crippen molar-refractivity contribution in [2.24, 2.45) is 0 Å². The normalized spacial score (nSPS) is 12.4. The molecular weight excluding hydrogens is 388 g/mol. The maximum absolute atomic E-state index is 12.5. The molecule has 1 amide bonds. The number of carbonyl (C=O) groups excluding carboxylic acids is 1. The van der Waals surface area contributed by atoms with Gasteiger partial charge in [0.05, 0.1) is 22.6 Å². The molecule has 0 saturated carbocycles. The zero-order valence-corrected chi connectivity index (χ0v) is 17.0. The molecule has 0 bridgehead atoms. The predicted molar refractivity (Wildman–Crippen MR) is 107 cm³/mol. The first-order valence-electron chi connectivity index (χ1n) is 8.61. The minimum absolute atomic E-state index is 0.0390. The first kappa shape index (κ1) is 21.2. The summed E-state index contributed by atoms with van der Waals surface area (Å²) < 4.78 is 32.7. The molecule has 0 heterocycles. The molecule has 1 atom stereocenters. The Morgan fingerprint density at radius 3 is 2.37 bits per heavy atom. The summed E-state index contributed by atoms with van der Waals surface area (Å²) in [5.74, 6) is -0.0562. The highest BCUT2D eigenvalue weighted by atomic mass is 35.5. The van der Waals surface area contributed by atoms with Crippen molar-refractivity contribution in [3.8, 4) is 5.75 Å². The summed E-state index contributed by atoms with van der Waals surface area (Å²) in [6.07, 6.45) is 0.898. The summed E-state index contributed by atoms with van der Waals surface area (Å²) >= 11 is 6.05. The Bertz CT molecular complexity index is 898. The number of rotatable bonds is 8. The lowest BCUT2D eigenvalue weighted by atomic mass is 10.1. The van der Waals surface area contributed by atoms with E-state index in [-0.39, 0.29) is 9.92 Å². The van der Waals surface area contributed by atoms with Crippen molar-refractivity contribution >= 4 is 33.2 Å². The van der Waals surface area contributed by atoms with Crippen LogP contribution in [0, 0.1) is 0 Å². The van der Waals surface area contributed by atoms with Crippen LogP contribution in [-0.2, 0) is 21.2 Å². The number of carbonyl (C=O) groups is 1. The molecule has 0 aliphatic rings. The number of anilines is 1. The number of hydrogen-bond acceptors (Lipinski definition) is 4. The van der Waals surface area contributed by atoms with Gasteiger partial charge in [0, 0.05) is 5.69 Å². The zero-order valence-electron chi connectivity index (χ0n) is 15.5. The van der Waals surface area contributed by atoms with Gasteiger partial charge in [0.2, 0.25) is 15.9 Å². The van der Waals surface area contributed by atoms with Crippen molar-refractivity contribution in [1.29, 1.82) is 0 Å². The molecule has 0 unspecified atom stereocenters. The minimum Gasteiger partial charge on any atom is -0.492 e. The molecule has 0 radical (unpaired) electrons. The lowest BCUT2D eigenvalue weighted by Gasteiger charge is -2.15. The molecule has 2 N–H and O–H groups in total. The van der Waals surface area contributed by atoms with Crippen LogP contribution < -0.4 is 14.8 Å². The highest BCUT2D eigenvalue weighted by Gasteiger charge is 2.23. The lowest BCUT2D eigenvalue weighted by molar-refractivity contribution is -0.117. The summed E-state index contributed by atoms with van der Waals surface area (Å²) in [6.45, 7) is 5.74. The topological polar surface area (TPSA) is 84.5 Å². The third kappa shape index (κ3) is 5.69. The number of nitrogens with one attached hydrogen (secondary N) is 2. The van der Waals surface area contributed by atoms with E-state index in [1.54, 1.807) is 19.1 Å². The Kier molecular flexibility index (Phi) is 7.24. The summed E-state index contributed by atoms with van der Waals surface area (Å²) in [5, 5.41) is 2.88. The number of amides is 1. The fourth-order valence-corrected chi connectivity index (χ4v) is 3.88. The van der Waals surface area contributed by atoms with E-state index in [9.17, 15) is 13.2 Å². The quantitative estimate of drug-likeness (QED) is 0.696. The van der Waals surface area contributed by atoms with Crippen LogP contribution in [0.3, 0.4) is 0 Å². The van der Waals surface area contributed by atoms with E-state index in [0.29, 0.717) is 18.0 Å². The Labute approximate surface area is 164 Å². The van der Waals surface area contributed by atoms with E-state index in [4.69, 9.17) is 16.3 Å². The molecule has 2 aromatic rings. The molecule has 0 fully saturated rings. The van der Waals surface area contributed by atoms with Crippen LogP contribution in [0.2, 0.25) is 5.02 Å². The van der Waals surface area contributed by atoms with Gasteiger partial charge in [0.1, 0.15) is 5.75 Å². The molecule has 2 aromatic carbocycles. The van der Waals surface area contributed by atoms with Gasteiger partial charge >= 0.3 is 0 Å². The predicted octanol–water partition coefficient (Wildman–Crippen LogP) is 3.61. The smallest absolute Gasteiger partial charge is 0.242 e. The fraction of sp³-hybridized carbons (Fsp3) is 0.316. The molecule has 2 rings (SSSR count). The fourth-order valence-electron chi connectivity index (χ4n) is 2.35. The SMILES string of the molecule is CCOc1ccc(S(=O)(=O)N[C@@H](C)C(=O)Nc2ccc(CC)cc2)cc1Cl. The van der Waals surface area contributed by atoms with E-state index in [0.717, 1.165) is 12.0 Å². The Hall–Kier alpha value is -2.09. The summed E-state index contributed by atoms with van der Waals surface area (Å²) in [4.78, 5) is 12.3. The molecule has 0 aromatic heterocycles. The van der Waals surface area contributed by atoms with E-state index in [2.05, 4.69) is 10.0 Å². The van der Waals surface area contributed by atoms with Gasteiger partial charge in [-0.15, -0.1) is 0 Å². The average Bonchev–Trinajstić information content (AvgIpc) is 2.63. The molecular formula is C19H23ClN2O4S. The highest BCUT2D eigenvalue weighted by molar-refractivity contribution is 7.89. The third-order valence-electron chi connectivity index (χ3n) is 3.87. The van der Waals surface area contributed by atoms with Crippen LogP contribution in [0.15, 0.2) is 47.4 Å². The largest absolute Gasteiger partial charge is 0.492 e. The van der Waals surface area contributed by atoms with Crippen LogP contribution in [0.5, 0.6) is 5.75 Å². The molecule has 0 spiro atoms. The van der Waals surface area contributed by atoms with Crippen molar-refractivity contribution in [3.05, 3.63) is 53.1 Å². The highest BCUT2D eigenvalue weighted by Crippen LogP contribution is 2.27. The van der Waals surface area contributed by atoms with Crippen LogP contribution in [0.25, 0.3) is 0 Å². The maximum atomic E-state index is 12.5. The molecule has 146 valence electrons. The second kappa shape index (κ2) is 9.21. The minimum atomic E-state index is -3.91. The Morgan fingerprint density at radius 2 is 1.81 bits per heavy atom. The molecule has 27 heavy (non-hydrogen) atoms. The second-order valence-electron chi connectivity index (χ2n) is 5.91. The lowest BCUT2D eigenvalue weighted by Crippen LogP contribution is -2.41. The molecule has 0 aliphatic heterocycles. The average molecular weight is 411 g/mol. The number of aryl methyl sites for hydroxylation is 1. The first-order chi connectivity index (χ1) is 12.8. The molecule has 8 heteroatoms. The molecule has 0 aliphatic carbocycles. The van der Waals surface area contributed by atoms with Crippen LogP contribution in [0.1, 0.15) is 26.3 Å². The van der Waals surface area contributed by atoms with E-state index < -0.39 is 22.0 Å². The first-order valence-corrected chi connectivity index (χ1v) is 10.5. The van der Waals surface area contributed by atoms with Crippen LogP contribution in [-0.4, -0.2) is 27.0 Å². The summed E-state index contributed by atoms with van der Waals surface area (Å²) in [5.41, 5.74) is 1.75. The summed E-state index contributed by atoms with van der Waals surface area (Å²) in [7, 11) is -3.91. The van der Waals surface area contributed by atoms with E-state index in [1.807, 2.05) is 19.1 Å².